The molecule has 2 N–H and O–H groups in total. The molecule has 1 heterocycles. The fourth-order valence-electron chi connectivity index (χ4n) is 1.90. The molecule has 0 saturated heterocycles. The minimum Gasteiger partial charge on any atom is -0.459 e. The Morgan fingerprint density at radius 1 is 1.50 bits per heavy atom. The maximum Gasteiger partial charge on any atom is 0.310 e. The van der Waals surface area contributed by atoms with Gasteiger partial charge in [-0.05, 0) is 13.0 Å². The van der Waals surface area contributed by atoms with Gasteiger partial charge < -0.3 is 10.5 Å². The number of hydrogen-bond donors (Lipinski definition) is 1. The van der Waals surface area contributed by atoms with Crippen LogP contribution in [0.5, 0.6) is 0 Å². The number of hydrogen-bond acceptors (Lipinski definition) is 5. The van der Waals surface area contributed by atoms with Crippen molar-refractivity contribution in [2.45, 2.75) is 18.4 Å². The number of nitro groups is 1. The molecule has 0 spiro atoms. The number of ether oxygens (including phenoxy) is 1. The van der Waals surface area contributed by atoms with Crippen LogP contribution in [-0.4, -0.2) is 23.5 Å². The zero-order chi connectivity index (χ0) is 15.1. The lowest BCUT2D eigenvalue weighted by Crippen LogP contribution is -2.51. The van der Waals surface area contributed by atoms with Crippen molar-refractivity contribution in [3.05, 3.63) is 39.7 Å². The Kier molecular flexibility index (Phi) is 3.07. The fraction of sp³-hybridized carbons (Fsp3) is 0.364. The van der Waals surface area contributed by atoms with Crippen LogP contribution in [0.25, 0.3) is 0 Å². The molecule has 0 aromatic heterocycles. The number of alkyl halides is 2. The molecule has 0 radical (unpaired) electrons. The summed E-state index contributed by atoms with van der Waals surface area (Å²) in [6.07, 6.45) is 0. The second-order valence-corrected chi connectivity index (χ2v) is 4.44. The van der Waals surface area contributed by atoms with Crippen molar-refractivity contribution in [2.75, 3.05) is 6.61 Å². The lowest BCUT2D eigenvalue weighted by Gasteiger charge is -2.37. The lowest BCUT2D eigenvalue weighted by molar-refractivity contribution is -0.385. The van der Waals surface area contributed by atoms with Gasteiger partial charge >= 0.3 is 5.92 Å². The van der Waals surface area contributed by atoms with Gasteiger partial charge in [0.1, 0.15) is 5.82 Å². The molecule has 0 bridgehead atoms. The van der Waals surface area contributed by atoms with Crippen molar-refractivity contribution in [1.82, 2.24) is 0 Å². The zero-order valence-corrected chi connectivity index (χ0v) is 10.3. The standard InChI is InChI=1S/C11H10F3N3O3/c1-10(11(13,14)5-20-9(15)16-10)7-4-6(17(18)19)2-3-8(7)12/h2-4H,5H2,1H3,(H2,15,16). The van der Waals surface area contributed by atoms with Crippen LogP contribution in [0.3, 0.4) is 0 Å². The molecule has 6 nitrogen and oxygen atoms in total. The average molecular weight is 289 g/mol. The Bertz CT molecular complexity index is 606. The van der Waals surface area contributed by atoms with E-state index < -0.39 is 46.1 Å². The third-order valence-electron chi connectivity index (χ3n) is 3.13. The fourth-order valence-corrected chi connectivity index (χ4v) is 1.90. The third-order valence-corrected chi connectivity index (χ3v) is 3.13. The Labute approximate surface area is 111 Å². The van der Waals surface area contributed by atoms with Crippen LogP contribution in [0, 0.1) is 15.9 Å². The number of benzene rings is 1. The van der Waals surface area contributed by atoms with Crippen LogP contribution < -0.4 is 5.73 Å². The molecule has 108 valence electrons. The smallest absolute Gasteiger partial charge is 0.310 e. The van der Waals surface area contributed by atoms with Gasteiger partial charge in [0.15, 0.2) is 12.1 Å². The SMILES string of the molecule is CC1(c2cc([N+](=O)[O-])ccc2F)N=C(N)OCC1(F)F. The first-order valence-electron chi connectivity index (χ1n) is 5.48. The zero-order valence-electron chi connectivity index (χ0n) is 10.3. The van der Waals surface area contributed by atoms with E-state index in [1.807, 2.05) is 0 Å². The van der Waals surface area contributed by atoms with E-state index in [4.69, 9.17) is 5.73 Å². The minimum atomic E-state index is -3.56. The summed E-state index contributed by atoms with van der Waals surface area (Å²) < 4.78 is 46.3. The average Bonchev–Trinajstić information content (AvgIpc) is 2.35. The molecule has 1 aliphatic heterocycles. The Balaban J connectivity index is 2.66. The van der Waals surface area contributed by atoms with Crippen molar-refractivity contribution >= 4 is 11.7 Å². The van der Waals surface area contributed by atoms with Crippen molar-refractivity contribution in [2.24, 2.45) is 10.7 Å². The minimum absolute atomic E-state index is 0.515. The van der Waals surface area contributed by atoms with Gasteiger partial charge in [-0.15, -0.1) is 0 Å². The van der Waals surface area contributed by atoms with E-state index in [2.05, 4.69) is 9.73 Å². The summed E-state index contributed by atoms with van der Waals surface area (Å²) in [6.45, 7) is -0.133. The molecule has 1 atom stereocenters. The number of amidine groups is 1. The summed E-state index contributed by atoms with van der Waals surface area (Å²) in [4.78, 5) is 13.3. The van der Waals surface area contributed by atoms with E-state index in [1.54, 1.807) is 0 Å². The predicted molar refractivity (Wildman–Crippen MR) is 62.9 cm³/mol. The second-order valence-electron chi connectivity index (χ2n) is 4.44. The Morgan fingerprint density at radius 3 is 2.75 bits per heavy atom. The van der Waals surface area contributed by atoms with Crippen LogP contribution in [-0.2, 0) is 10.3 Å². The molecule has 0 fully saturated rings. The molecule has 0 aliphatic carbocycles. The maximum absolute atomic E-state index is 14.0. The van der Waals surface area contributed by atoms with Crippen molar-refractivity contribution < 1.29 is 22.8 Å². The summed E-state index contributed by atoms with van der Waals surface area (Å²) in [7, 11) is 0. The summed E-state index contributed by atoms with van der Waals surface area (Å²) >= 11 is 0. The van der Waals surface area contributed by atoms with Crippen LogP contribution in [0.2, 0.25) is 0 Å². The number of aliphatic imine (C=N–C) groups is 1. The molecule has 1 aromatic carbocycles. The largest absolute Gasteiger partial charge is 0.459 e. The first-order chi connectivity index (χ1) is 9.17. The number of nitrogens with two attached hydrogens (primary N) is 1. The highest BCUT2D eigenvalue weighted by molar-refractivity contribution is 5.73. The normalized spacial score (nSPS) is 24.7. The second kappa shape index (κ2) is 4.36. The van der Waals surface area contributed by atoms with Crippen molar-refractivity contribution in [1.29, 1.82) is 0 Å². The van der Waals surface area contributed by atoms with Crippen LogP contribution in [0.1, 0.15) is 12.5 Å². The number of non-ortho nitro benzene ring substituents is 1. The summed E-state index contributed by atoms with van der Waals surface area (Å²) in [5, 5.41) is 10.7. The monoisotopic (exact) mass is 289 g/mol. The predicted octanol–water partition coefficient (Wildman–Crippen LogP) is 1.93. The molecule has 0 amide bonds. The first-order valence-corrected chi connectivity index (χ1v) is 5.48. The van der Waals surface area contributed by atoms with Gasteiger partial charge in [-0.1, -0.05) is 0 Å². The van der Waals surface area contributed by atoms with Crippen molar-refractivity contribution in [3.8, 4) is 0 Å². The number of halogens is 3. The summed E-state index contributed by atoms with van der Waals surface area (Å²) in [5.41, 5.74) is 1.76. The van der Waals surface area contributed by atoms with Gasteiger partial charge in [-0.25, -0.2) is 9.38 Å². The lowest BCUT2D eigenvalue weighted by atomic mass is 9.85. The van der Waals surface area contributed by atoms with Gasteiger partial charge in [0.25, 0.3) is 11.7 Å². The summed E-state index contributed by atoms with van der Waals surface area (Å²) in [5.74, 6) is -4.59. The molecule has 9 heteroatoms. The summed E-state index contributed by atoms with van der Waals surface area (Å²) in [6, 6.07) is 1.83. The number of nitrogens with zero attached hydrogens (tertiary/aromatic N) is 2. The van der Waals surface area contributed by atoms with E-state index in [9.17, 15) is 23.3 Å². The molecule has 1 aromatic rings. The van der Waals surface area contributed by atoms with Gasteiger partial charge in [0.2, 0.25) is 0 Å². The molecular weight excluding hydrogens is 279 g/mol. The molecular formula is C11H10F3N3O3. The Hall–Kier alpha value is -2.32. The number of nitro benzene ring substituents is 1. The van der Waals surface area contributed by atoms with Crippen molar-refractivity contribution in [3.63, 3.8) is 0 Å². The van der Waals surface area contributed by atoms with Crippen LogP contribution >= 0.6 is 0 Å². The Morgan fingerprint density at radius 2 is 2.15 bits per heavy atom. The third kappa shape index (κ3) is 2.04. The van der Waals surface area contributed by atoms with E-state index in [1.165, 1.54) is 0 Å². The highest BCUT2D eigenvalue weighted by Crippen LogP contribution is 2.44. The topological polar surface area (TPSA) is 90.8 Å². The van der Waals surface area contributed by atoms with E-state index in [0.717, 1.165) is 25.1 Å². The van der Waals surface area contributed by atoms with Crippen LogP contribution in [0.15, 0.2) is 23.2 Å². The molecule has 2 rings (SSSR count). The van der Waals surface area contributed by atoms with E-state index in [-0.39, 0.29) is 0 Å². The molecule has 0 saturated carbocycles. The highest BCUT2D eigenvalue weighted by Gasteiger charge is 2.56. The van der Waals surface area contributed by atoms with Gasteiger partial charge in [0, 0.05) is 17.7 Å². The molecule has 20 heavy (non-hydrogen) atoms. The first kappa shape index (κ1) is 14.1. The van der Waals surface area contributed by atoms with E-state index >= 15 is 0 Å². The quantitative estimate of drug-likeness (QED) is 0.665. The van der Waals surface area contributed by atoms with Gasteiger partial charge in [-0.2, -0.15) is 8.78 Å². The van der Waals surface area contributed by atoms with E-state index in [0.29, 0.717) is 0 Å². The highest BCUT2D eigenvalue weighted by atomic mass is 19.3. The van der Waals surface area contributed by atoms with Gasteiger partial charge in [0.05, 0.1) is 4.92 Å². The maximum atomic E-state index is 14.0. The number of rotatable bonds is 2. The van der Waals surface area contributed by atoms with Crippen LogP contribution in [0.4, 0.5) is 18.9 Å². The van der Waals surface area contributed by atoms with Gasteiger partial charge in [-0.3, -0.25) is 10.1 Å². The molecule has 1 aliphatic rings. The molecule has 1 unspecified atom stereocenters.